The van der Waals surface area contributed by atoms with E-state index in [4.69, 9.17) is 0 Å². The van der Waals surface area contributed by atoms with Gasteiger partial charge >= 0.3 is 0 Å². The average molecular weight is 328 g/mol. The van der Waals surface area contributed by atoms with Crippen molar-refractivity contribution in [2.45, 2.75) is 44.2 Å². The Morgan fingerprint density at radius 3 is 2.62 bits per heavy atom. The summed E-state index contributed by atoms with van der Waals surface area (Å²) in [5.41, 5.74) is 3.67. The van der Waals surface area contributed by atoms with Gasteiger partial charge in [-0.25, -0.2) is 13.8 Å². The minimum atomic E-state index is -2.52. The number of anilines is 1. The fraction of sp³-hybridized carbons (Fsp3) is 0.389. The fourth-order valence-electron chi connectivity index (χ4n) is 3.34. The molecule has 0 aromatic carbocycles. The van der Waals surface area contributed by atoms with Gasteiger partial charge < -0.3 is 5.32 Å². The molecule has 0 amide bonds. The lowest BCUT2D eigenvalue weighted by Crippen LogP contribution is -2.32. The van der Waals surface area contributed by atoms with Crippen LogP contribution in [0, 0.1) is 0 Å². The van der Waals surface area contributed by atoms with E-state index < -0.39 is 5.92 Å². The number of hydrogen-bond donors (Lipinski definition) is 1. The Bertz CT molecular complexity index is 764. The van der Waals surface area contributed by atoms with Crippen LogP contribution in [0.4, 0.5) is 14.6 Å². The normalized spacial score (nSPS) is 19.7. The van der Waals surface area contributed by atoms with Gasteiger partial charge in [0, 0.05) is 36.8 Å². The molecule has 2 aromatic rings. The Morgan fingerprint density at radius 2 is 1.88 bits per heavy atom. The minimum Gasteiger partial charge on any atom is -0.367 e. The quantitative estimate of drug-likeness (QED) is 0.932. The molecule has 1 saturated carbocycles. The first-order chi connectivity index (χ1) is 11.6. The van der Waals surface area contributed by atoms with Gasteiger partial charge in [0.05, 0.1) is 18.0 Å². The van der Waals surface area contributed by atoms with Crippen LogP contribution in [-0.4, -0.2) is 27.6 Å². The summed E-state index contributed by atoms with van der Waals surface area (Å²) >= 11 is 0. The lowest BCUT2D eigenvalue weighted by Gasteiger charge is -2.29. The zero-order valence-electron chi connectivity index (χ0n) is 13.2. The van der Waals surface area contributed by atoms with Crippen molar-refractivity contribution < 1.29 is 8.78 Å². The molecule has 124 valence electrons. The van der Waals surface area contributed by atoms with Crippen molar-refractivity contribution in [1.82, 2.24) is 9.97 Å². The van der Waals surface area contributed by atoms with Gasteiger partial charge in [-0.2, -0.15) is 0 Å². The first kappa shape index (κ1) is 15.2. The van der Waals surface area contributed by atoms with Gasteiger partial charge in [-0.15, -0.1) is 0 Å². The monoisotopic (exact) mass is 328 g/mol. The Morgan fingerprint density at radius 1 is 1.04 bits per heavy atom. The van der Waals surface area contributed by atoms with E-state index in [1.165, 1.54) is 0 Å². The molecule has 0 saturated heterocycles. The Balaban J connectivity index is 1.60. The molecule has 24 heavy (non-hydrogen) atoms. The molecular formula is C18H18F2N4. The Hall–Kier alpha value is -2.37. The van der Waals surface area contributed by atoms with E-state index in [2.05, 4.69) is 20.3 Å². The third-order valence-electron chi connectivity index (χ3n) is 4.65. The van der Waals surface area contributed by atoms with E-state index in [-0.39, 0.29) is 18.9 Å². The maximum Gasteiger partial charge on any atom is 0.248 e. The second kappa shape index (κ2) is 5.92. The van der Waals surface area contributed by atoms with Gasteiger partial charge in [-0.1, -0.05) is 6.07 Å². The van der Waals surface area contributed by atoms with Crippen LogP contribution in [0.5, 0.6) is 0 Å². The maximum absolute atomic E-state index is 13.3. The fourth-order valence-corrected chi connectivity index (χ4v) is 3.34. The van der Waals surface area contributed by atoms with Crippen LogP contribution in [0.1, 0.15) is 42.5 Å². The Kier molecular flexibility index (Phi) is 3.75. The molecule has 1 aliphatic carbocycles. The summed E-state index contributed by atoms with van der Waals surface area (Å²) in [7, 11) is 0. The molecule has 1 N–H and O–H groups in total. The highest BCUT2D eigenvalue weighted by atomic mass is 19.3. The van der Waals surface area contributed by atoms with Gasteiger partial charge in [0.25, 0.3) is 0 Å². The molecule has 0 spiro atoms. The highest BCUT2D eigenvalue weighted by Crippen LogP contribution is 2.35. The van der Waals surface area contributed by atoms with Crippen LogP contribution < -0.4 is 5.32 Å². The topological polar surface area (TPSA) is 50.2 Å². The highest BCUT2D eigenvalue weighted by molar-refractivity contribution is 6.16. The van der Waals surface area contributed by atoms with Crippen LogP contribution in [0.2, 0.25) is 0 Å². The smallest absolute Gasteiger partial charge is 0.248 e. The number of rotatable bonds is 3. The predicted octanol–water partition coefficient (Wildman–Crippen LogP) is 3.82. The molecule has 0 radical (unpaired) electrons. The van der Waals surface area contributed by atoms with Crippen molar-refractivity contribution >= 4 is 11.5 Å². The van der Waals surface area contributed by atoms with E-state index >= 15 is 0 Å². The van der Waals surface area contributed by atoms with Gasteiger partial charge in [0.1, 0.15) is 5.82 Å². The molecule has 1 fully saturated rings. The molecule has 1 aliphatic heterocycles. The van der Waals surface area contributed by atoms with E-state index in [0.717, 1.165) is 28.4 Å². The number of nitrogens with zero attached hydrogens (tertiary/aromatic N) is 3. The SMILES string of the molecule is FC1(F)CCC(Nc2nccc3c2C(c2ccccn2)=NC3)CC1. The molecule has 2 aliphatic rings. The summed E-state index contributed by atoms with van der Waals surface area (Å²) in [4.78, 5) is 13.4. The second-order valence-corrected chi connectivity index (χ2v) is 6.35. The van der Waals surface area contributed by atoms with Crippen LogP contribution in [0.15, 0.2) is 41.7 Å². The summed E-state index contributed by atoms with van der Waals surface area (Å²) in [6.45, 7) is 0.598. The number of halogens is 2. The number of fused-ring (bicyclic) bond motifs is 1. The average Bonchev–Trinajstić information content (AvgIpc) is 3.03. The molecule has 0 atom stereocenters. The lowest BCUT2D eigenvalue weighted by molar-refractivity contribution is -0.0361. The molecule has 0 bridgehead atoms. The summed E-state index contributed by atoms with van der Waals surface area (Å²) in [5.74, 6) is -1.80. The van der Waals surface area contributed by atoms with Crippen molar-refractivity contribution in [1.29, 1.82) is 0 Å². The van der Waals surface area contributed by atoms with Crippen molar-refractivity contribution in [2.75, 3.05) is 5.32 Å². The number of nitrogens with one attached hydrogen (secondary N) is 1. The number of aromatic nitrogens is 2. The molecular weight excluding hydrogens is 310 g/mol. The van der Waals surface area contributed by atoms with Gasteiger partial charge in [0.15, 0.2) is 0 Å². The minimum absolute atomic E-state index is 0.0224. The van der Waals surface area contributed by atoms with E-state index in [9.17, 15) is 8.78 Å². The molecule has 4 rings (SSSR count). The van der Waals surface area contributed by atoms with E-state index in [0.29, 0.717) is 19.4 Å². The van der Waals surface area contributed by atoms with Crippen molar-refractivity contribution in [2.24, 2.45) is 4.99 Å². The Labute approximate surface area is 139 Å². The molecule has 0 unspecified atom stereocenters. The number of pyridine rings is 2. The van der Waals surface area contributed by atoms with Crippen molar-refractivity contribution in [3.05, 3.63) is 53.5 Å². The third kappa shape index (κ3) is 2.88. The second-order valence-electron chi connectivity index (χ2n) is 6.35. The van der Waals surface area contributed by atoms with Crippen LogP contribution in [0.25, 0.3) is 0 Å². The molecule has 6 heteroatoms. The predicted molar refractivity (Wildman–Crippen MR) is 88.6 cm³/mol. The standard InChI is InChI=1S/C18H18F2N4/c19-18(20)7-4-13(5-8-18)24-17-15-12(6-10-22-17)11-23-16(15)14-3-1-2-9-21-14/h1-3,6,9-10,13H,4-5,7-8,11H2,(H,22,24). The van der Waals surface area contributed by atoms with E-state index in [1.54, 1.807) is 12.4 Å². The number of hydrogen-bond acceptors (Lipinski definition) is 4. The summed E-state index contributed by atoms with van der Waals surface area (Å²) in [6.07, 6.45) is 4.25. The van der Waals surface area contributed by atoms with Crippen molar-refractivity contribution in [3.8, 4) is 0 Å². The number of alkyl halides is 2. The van der Waals surface area contributed by atoms with Gasteiger partial charge in [-0.3, -0.25) is 9.98 Å². The van der Waals surface area contributed by atoms with Crippen molar-refractivity contribution in [3.63, 3.8) is 0 Å². The first-order valence-electron chi connectivity index (χ1n) is 8.21. The number of aliphatic imine (C=N–C) groups is 1. The van der Waals surface area contributed by atoms with Crippen LogP contribution in [-0.2, 0) is 6.54 Å². The van der Waals surface area contributed by atoms with Crippen LogP contribution >= 0.6 is 0 Å². The first-order valence-corrected chi connectivity index (χ1v) is 8.21. The molecule has 4 nitrogen and oxygen atoms in total. The maximum atomic E-state index is 13.3. The summed E-state index contributed by atoms with van der Waals surface area (Å²) in [5, 5.41) is 3.37. The zero-order valence-corrected chi connectivity index (χ0v) is 13.2. The van der Waals surface area contributed by atoms with E-state index in [1.807, 2.05) is 24.3 Å². The van der Waals surface area contributed by atoms with Gasteiger partial charge in [-0.05, 0) is 36.6 Å². The molecule has 3 heterocycles. The van der Waals surface area contributed by atoms with Crippen LogP contribution in [0.3, 0.4) is 0 Å². The van der Waals surface area contributed by atoms with Gasteiger partial charge in [0.2, 0.25) is 5.92 Å². The molecule has 2 aromatic heterocycles. The lowest BCUT2D eigenvalue weighted by atomic mass is 9.92. The highest BCUT2D eigenvalue weighted by Gasteiger charge is 2.35. The zero-order chi connectivity index (χ0) is 16.6. The summed E-state index contributed by atoms with van der Waals surface area (Å²) in [6, 6.07) is 7.69. The largest absolute Gasteiger partial charge is 0.367 e. The third-order valence-corrected chi connectivity index (χ3v) is 4.65. The summed E-state index contributed by atoms with van der Waals surface area (Å²) < 4.78 is 26.7.